The molecule has 0 amide bonds. The van der Waals surface area contributed by atoms with Crippen LogP contribution in [0.15, 0.2) is 24.3 Å². The summed E-state index contributed by atoms with van der Waals surface area (Å²) in [4.78, 5) is 7.24. The maximum absolute atomic E-state index is 13.2. The van der Waals surface area contributed by atoms with Crippen molar-refractivity contribution >= 4 is 5.69 Å². The molecule has 22 heavy (non-hydrogen) atoms. The van der Waals surface area contributed by atoms with Crippen LogP contribution in [0.3, 0.4) is 0 Å². The number of nitrogens with two attached hydrogens (primary N) is 1. The molecule has 0 saturated carbocycles. The summed E-state index contributed by atoms with van der Waals surface area (Å²) in [7, 11) is 2.43. The van der Waals surface area contributed by atoms with Crippen LogP contribution in [0.25, 0.3) is 0 Å². The average molecular weight is 313 g/mol. The SMILES string of the molecule is COc1nc(OC)c(Cc2ccc(N)cc2)c(C(F)(F)F)n1. The number of benzene rings is 1. The molecule has 2 rings (SSSR count). The van der Waals surface area contributed by atoms with E-state index in [1.807, 2.05) is 0 Å². The molecule has 2 aromatic rings. The molecule has 5 nitrogen and oxygen atoms in total. The van der Waals surface area contributed by atoms with E-state index in [0.29, 0.717) is 11.3 Å². The summed E-state index contributed by atoms with van der Waals surface area (Å²) < 4.78 is 49.3. The number of alkyl halides is 3. The van der Waals surface area contributed by atoms with E-state index in [4.69, 9.17) is 15.2 Å². The van der Waals surface area contributed by atoms with Crippen molar-refractivity contribution in [2.24, 2.45) is 0 Å². The lowest BCUT2D eigenvalue weighted by Crippen LogP contribution is -2.15. The van der Waals surface area contributed by atoms with Gasteiger partial charge in [0, 0.05) is 17.7 Å². The Morgan fingerprint density at radius 1 is 1.05 bits per heavy atom. The van der Waals surface area contributed by atoms with Gasteiger partial charge in [0.1, 0.15) is 0 Å². The highest BCUT2D eigenvalue weighted by molar-refractivity contribution is 5.43. The molecule has 0 aliphatic rings. The van der Waals surface area contributed by atoms with Crippen molar-refractivity contribution in [1.29, 1.82) is 0 Å². The van der Waals surface area contributed by atoms with Gasteiger partial charge >= 0.3 is 12.2 Å². The van der Waals surface area contributed by atoms with Gasteiger partial charge in [0.25, 0.3) is 0 Å². The number of hydrogen-bond acceptors (Lipinski definition) is 5. The molecule has 1 heterocycles. The molecule has 1 aromatic heterocycles. The third kappa shape index (κ3) is 3.38. The van der Waals surface area contributed by atoms with Crippen molar-refractivity contribution in [3.05, 3.63) is 41.1 Å². The third-order valence-electron chi connectivity index (χ3n) is 2.95. The summed E-state index contributed by atoms with van der Waals surface area (Å²) >= 11 is 0. The molecule has 8 heteroatoms. The van der Waals surface area contributed by atoms with Gasteiger partial charge in [0.05, 0.1) is 14.2 Å². The number of nitrogen functional groups attached to an aromatic ring is 1. The van der Waals surface area contributed by atoms with Gasteiger partial charge in [-0.25, -0.2) is 0 Å². The predicted octanol–water partition coefficient (Wildman–Crippen LogP) is 2.69. The van der Waals surface area contributed by atoms with Crippen molar-refractivity contribution in [2.45, 2.75) is 12.6 Å². The van der Waals surface area contributed by atoms with Gasteiger partial charge in [-0.15, -0.1) is 0 Å². The number of hydrogen-bond donors (Lipinski definition) is 1. The van der Waals surface area contributed by atoms with Gasteiger partial charge in [-0.2, -0.15) is 23.1 Å². The normalized spacial score (nSPS) is 11.3. The molecule has 1 aromatic carbocycles. The summed E-state index contributed by atoms with van der Waals surface area (Å²) in [6.07, 6.45) is -4.69. The first-order valence-electron chi connectivity index (χ1n) is 6.25. The molecule has 0 atom stereocenters. The van der Waals surface area contributed by atoms with Crippen LogP contribution in [-0.4, -0.2) is 24.2 Å². The largest absolute Gasteiger partial charge is 0.481 e. The number of anilines is 1. The van der Waals surface area contributed by atoms with Crippen molar-refractivity contribution < 1.29 is 22.6 Å². The van der Waals surface area contributed by atoms with Crippen molar-refractivity contribution in [3.8, 4) is 11.9 Å². The standard InChI is InChI=1S/C14H14F3N3O2/c1-21-12-10(7-8-3-5-9(18)6-4-8)11(14(15,16)17)19-13(20-12)22-2/h3-6H,7,18H2,1-2H3. The zero-order valence-corrected chi connectivity index (χ0v) is 11.9. The van der Waals surface area contributed by atoms with Gasteiger partial charge < -0.3 is 15.2 Å². The molecule has 0 aliphatic carbocycles. The molecule has 0 radical (unpaired) electrons. The Balaban J connectivity index is 2.54. The zero-order valence-electron chi connectivity index (χ0n) is 11.9. The van der Waals surface area contributed by atoms with Crippen molar-refractivity contribution in [3.63, 3.8) is 0 Å². The summed E-state index contributed by atoms with van der Waals surface area (Å²) in [6, 6.07) is 6.10. The van der Waals surface area contributed by atoms with E-state index >= 15 is 0 Å². The number of methoxy groups -OCH3 is 2. The monoisotopic (exact) mass is 313 g/mol. The Labute approximate surface area is 124 Å². The number of nitrogens with zero attached hydrogens (tertiary/aromatic N) is 2. The fraction of sp³-hybridized carbons (Fsp3) is 0.286. The number of halogens is 3. The summed E-state index contributed by atoms with van der Waals surface area (Å²) in [5.41, 5.74) is 5.50. The number of rotatable bonds is 4. The molecule has 0 bridgehead atoms. The van der Waals surface area contributed by atoms with Gasteiger partial charge in [-0.3, -0.25) is 0 Å². The van der Waals surface area contributed by atoms with Crippen LogP contribution in [-0.2, 0) is 12.6 Å². The lowest BCUT2D eigenvalue weighted by atomic mass is 10.0. The van der Waals surface area contributed by atoms with Crippen LogP contribution in [0, 0.1) is 0 Å². The topological polar surface area (TPSA) is 70.3 Å². The number of aromatic nitrogens is 2. The molecule has 0 aliphatic heterocycles. The molecule has 0 fully saturated rings. The van der Waals surface area contributed by atoms with Crippen LogP contribution in [0.5, 0.6) is 11.9 Å². The highest BCUT2D eigenvalue weighted by atomic mass is 19.4. The van der Waals surface area contributed by atoms with Crippen LogP contribution < -0.4 is 15.2 Å². The van der Waals surface area contributed by atoms with Crippen LogP contribution in [0.1, 0.15) is 16.8 Å². The van der Waals surface area contributed by atoms with E-state index in [1.54, 1.807) is 24.3 Å². The highest BCUT2D eigenvalue weighted by Gasteiger charge is 2.38. The van der Waals surface area contributed by atoms with Crippen molar-refractivity contribution in [2.75, 3.05) is 20.0 Å². The molecule has 0 saturated heterocycles. The Hall–Kier alpha value is -2.51. The van der Waals surface area contributed by atoms with E-state index in [0.717, 1.165) is 0 Å². The second-order valence-electron chi connectivity index (χ2n) is 4.46. The Morgan fingerprint density at radius 2 is 1.68 bits per heavy atom. The van der Waals surface area contributed by atoms with E-state index < -0.39 is 17.9 Å². The Morgan fingerprint density at radius 3 is 2.18 bits per heavy atom. The minimum absolute atomic E-state index is 0.0394. The summed E-state index contributed by atoms with van der Waals surface area (Å²) in [6.45, 7) is 0. The molecular formula is C14H14F3N3O2. The average Bonchev–Trinajstić information content (AvgIpc) is 2.48. The van der Waals surface area contributed by atoms with E-state index in [-0.39, 0.29) is 17.9 Å². The number of ether oxygens (including phenoxy) is 2. The van der Waals surface area contributed by atoms with Gasteiger partial charge in [0.15, 0.2) is 5.69 Å². The van der Waals surface area contributed by atoms with Crippen LogP contribution >= 0.6 is 0 Å². The first-order valence-corrected chi connectivity index (χ1v) is 6.25. The van der Waals surface area contributed by atoms with Crippen LogP contribution in [0.4, 0.5) is 18.9 Å². The summed E-state index contributed by atoms with van der Waals surface area (Å²) in [5, 5.41) is 0. The fourth-order valence-electron chi connectivity index (χ4n) is 1.94. The fourth-order valence-corrected chi connectivity index (χ4v) is 1.94. The second kappa shape index (κ2) is 6.08. The van der Waals surface area contributed by atoms with Crippen LogP contribution in [0.2, 0.25) is 0 Å². The zero-order chi connectivity index (χ0) is 16.3. The lowest BCUT2D eigenvalue weighted by molar-refractivity contribution is -0.142. The molecule has 0 spiro atoms. The first kappa shape index (κ1) is 15.9. The molecule has 118 valence electrons. The lowest BCUT2D eigenvalue weighted by Gasteiger charge is -2.15. The van der Waals surface area contributed by atoms with E-state index in [9.17, 15) is 13.2 Å². The predicted molar refractivity (Wildman–Crippen MR) is 73.8 cm³/mol. The van der Waals surface area contributed by atoms with Crippen molar-refractivity contribution in [1.82, 2.24) is 9.97 Å². The van der Waals surface area contributed by atoms with E-state index in [1.165, 1.54) is 14.2 Å². The smallest absolute Gasteiger partial charge is 0.434 e. The maximum atomic E-state index is 13.2. The maximum Gasteiger partial charge on any atom is 0.434 e. The van der Waals surface area contributed by atoms with E-state index in [2.05, 4.69) is 9.97 Å². The third-order valence-corrected chi connectivity index (χ3v) is 2.95. The van der Waals surface area contributed by atoms with Gasteiger partial charge in [-0.1, -0.05) is 12.1 Å². The Bertz CT molecular complexity index is 658. The van der Waals surface area contributed by atoms with Gasteiger partial charge in [0.2, 0.25) is 5.88 Å². The van der Waals surface area contributed by atoms with Gasteiger partial charge in [-0.05, 0) is 17.7 Å². The first-order chi connectivity index (χ1) is 10.3. The summed E-state index contributed by atoms with van der Waals surface area (Å²) in [5.74, 6) is -0.170. The highest BCUT2D eigenvalue weighted by Crippen LogP contribution is 2.36. The molecular weight excluding hydrogens is 299 g/mol. The molecule has 2 N–H and O–H groups in total. The second-order valence-corrected chi connectivity index (χ2v) is 4.46. The Kier molecular flexibility index (Phi) is 4.39. The minimum Gasteiger partial charge on any atom is -0.481 e. The molecule has 0 unspecified atom stereocenters. The quantitative estimate of drug-likeness (QED) is 0.879. The minimum atomic E-state index is -4.65.